The minimum absolute atomic E-state index is 1.03. The van der Waals surface area contributed by atoms with E-state index in [2.05, 4.69) is 64.0 Å². The lowest BCUT2D eigenvalue weighted by Crippen LogP contribution is -2.45. The molecule has 3 rings (SSSR count). The van der Waals surface area contributed by atoms with Gasteiger partial charge in [0.1, 0.15) is 0 Å². The topological polar surface area (TPSA) is 13.0 Å². The van der Waals surface area contributed by atoms with E-state index in [-0.39, 0.29) is 0 Å². The molecule has 1 aromatic rings. The van der Waals surface area contributed by atoms with Gasteiger partial charge in [-0.05, 0) is 24.3 Å². The molecule has 0 aromatic heterocycles. The first-order valence-corrected chi connectivity index (χ1v) is 7.85. The van der Waals surface area contributed by atoms with Gasteiger partial charge in [0.05, 0.1) is 0 Å². The molecule has 0 N–H and O–H groups in total. The summed E-state index contributed by atoms with van der Waals surface area (Å²) in [6, 6.07) is 9.07. The first kappa shape index (κ1) is 14.1. The maximum Gasteiger partial charge on any atom is 0.185 e. The van der Waals surface area contributed by atoms with Crippen molar-refractivity contribution in [3.8, 4) is 0 Å². The highest BCUT2D eigenvalue weighted by Gasteiger charge is 2.16. The van der Waals surface area contributed by atoms with Crippen molar-refractivity contribution in [1.29, 1.82) is 0 Å². The number of nitrogens with zero attached hydrogens (tertiary/aromatic N) is 4. The van der Waals surface area contributed by atoms with Crippen molar-refractivity contribution in [2.45, 2.75) is 0 Å². The molecule has 0 saturated carbocycles. The Morgan fingerprint density at radius 1 is 0.700 bits per heavy atom. The van der Waals surface area contributed by atoms with Crippen LogP contribution in [0.1, 0.15) is 0 Å². The second-order valence-electron chi connectivity index (χ2n) is 5.75. The van der Waals surface area contributed by atoms with E-state index in [4.69, 9.17) is 0 Å². The van der Waals surface area contributed by atoms with Gasteiger partial charge in [-0.15, -0.1) is 0 Å². The fourth-order valence-corrected chi connectivity index (χ4v) is 3.07. The first-order chi connectivity index (χ1) is 9.72. The molecule has 108 valence electrons. The Hall–Kier alpha value is -0.845. The molecular formula is C14H23BN4S. The minimum Gasteiger partial charge on any atom is -0.369 e. The van der Waals surface area contributed by atoms with Crippen LogP contribution in [0, 0.1) is 0 Å². The van der Waals surface area contributed by atoms with Crippen LogP contribution >= 0.6 is 12.8 Å². The van der Waals surface area contributed by atoms with Gasteiger partial charge >= 0.3 is 0 Å². The van der Waals surface area contributed by atoms with Crippen LogP contribution < -0.4 is 9.80 Å². The van der Waals surface area contributed by atoms with E-state index in [1.165, 1.54) is 11.4 Å². The number of hydrogen-bond acceptors (Lipinski definition) is 5. The van der Waals surface area contributed by atoms with Crippen LogP contribution in [0.3, 0.4) is 0 Å². The van der Waals surface area contributed by atoms with Crippen LogP contribution in [-0.4, -0.2) is 69.5 Å². The van der Waals surface area contributed by atoms with E-state index < -0.39 is 0 Å². The fourth-order valence-electron chi connectivity index (χ4n) is 2.89. The van der Waals surface area contributed by atoms with Crippen LogP contribution in [0.5, 0.6) is 0 Å². The van der Waals surface area contributed by atoms with Gasteiger partial charge in [-0.2, -0.15) is 0 Å². The quantitative estimate of drug-likeness (QED) is 0.622. The Kier molecular flexibility index (Phi) is 4.43. The molecule has 0 spiro atoms. The maximum absolute atomic E-state index is 4.40. The Labute approximate surface area is 128 Å². The standard InChI is InChI=1S/C14H23BN4S/c15-18-9-5-16(6-10-18)13-1-3-14(4-2-13)17-7-11-19(20)12-8-17/h1-4,20H,5-12,15H2. The van der Waals surface area contributed by atoms with Crippen LogP contribution in [0.4, 0.5) is 11.4 Å². The summed E-state index contributed by atoms with van der Waals surface area (Å²) in [5, 5.41) is 0. The Bertz CT molecular complexity index is 384. The normalized spacial score (nSPS) is 22.2. The molecule has 2 aliphatic rings. The molecule has 6 heteroatoms. The molecule has 2 fully saturated rings. The zero-order valence-electron chi connectivity index (χ0n) is 12.2. The first-order valence-electron chi connectivity index (χ1n) is 7.45. The monoisotopic (exact) mass is 290 g/mol. The van der Waals surface area contributed by atoms with E-state index in [0.29, 0.717) is 0 Å². The molecule has 20 heavy (non-hydrogen) atoms. The summed E-state index contributed by atoms with van der Waals surface area (Å²) in [5.74, 6) is 0. The van der Waals surface area contributed by atoms with Crippen molar-refractivity contribution in [3.63, 3.8) is 0 Å². The van der Waals surface area contributed by atoms with Gasteiger partial charge < -0.3 is 14.6 Å². The lowest BCUT2D eigenvalue weighted by molar-refractivity contribution is 0.415. The van der Waals surface area contributed by atoms with Crippen molar-refractivity contribution in [2.75, 3.05) is 62.2 Å². The number of hydrogen-bond donors (Lipinski definition) is 1. The Morgan fingerprint density at radius 3 is 1.55 bits per heavy atom. The molecule has 2 saturated heterocycles. The fraction of sp³-hybridized carbons (Fsp3) is 0.571. The van der Waals surface area contributed by atoms with Crippen LogP contribution in [0.2, 0.25) is 0 Å². The van der Waals surface area contributed by atoms with Gasteiger partial charge in [0.2, 0.25) is 0 Å². The molecule has 2 aliphatic heterocycles. The average molecular weight is 290 g/mol. The van der Waals surface area contributed by atoms with Gasteiger partial charge in [-0.1, -0.05) is 12.8 Å². The molecule has 0 atom stereocenters. The van der Waals surface area contributed by atoms with E-state index in [0.717, 1.165) is 52.4 Å². The lowest BCUT2D eigenvalue weighted by Gasteiger charge is -2.35. The van der Waals surface area contributed by atoms with Crippen LogP contribution in [-0.2, 0) is 0 Å². The summed E-state index contributed by atoms with van der Waals surface area (Å²) in [6.07, 6.45) is 0. The zero-order chi connectivity index (χ0) is 13.9. The van der Waals surface area contributed by atoms with Gasteiger partial charge in [0.25, 0.3) is 0 Å². The highest BCUT2D eigenvalue weighted by molar-refractivity contribution is 7.77. The number of thiol groups is 1. The number of benzene rings is 1. The number of piperazine rings is 2. The van der Waals surface area contributed by atoms with E-state index in [9.17, 15) is 0 Å². The molecule has 1 aromatic carbocycles. The summed E-state index contributed by atoms with van der Waals surface area (Å²) in [4.78, 5) is 7.32. The van der Waals surface area contributed by atoms with Crippen LogP contribution in [0.25, 0.3) is 0 Å². The highest BCUT2D eigenvalue weighted by atomic mass is 32.1. The largest absolute Gasteiger partial charge is 0.369 e. The number of anilines is 2. The van der Waals surface area contributed by atoms with Crippen molar-refractivity contribution >= 4 is 32.2 Å². The molecule has 0 amide bonds. The predicted molar refractivity (Wildman–Crippen MR) is 91.5 cm³/mol. The van der Waals surface area contributed by atoms with E-state index in [1.54, 1.807) is 0 Å². The summed E-state index contributed by atoms with van der Waals surface area (Å²) >= 11 is 4.40. The third-order valence-corrected chi connectivity index (χ3v) is 4.74. The third-order valence-electron chi connectivity index (χ3n) is 4.34. The second-order valence-corrected chi connectivity index (χ2v) is 6.31. The maximum atomic E-state index is 4.40. The smallest absolute Gasteiger partial charge is 0.185 e. The SMILES string of the molecule is BN1CCN(c2ccc(N3CCN(S)CC3)cc2)CC1. The molecule has 0 unspecified atom stereocenters. The second kappa shape index (κ2) is 6.29. The molecule has 0 radical (unpaired) electrons. The van der Waals surface area contributed by atoms with E-state index in [1.807, 2.05) is 0 Å². The van der Waals surface area contributed by atoms with E-state index >= 15 is 0 Å². The van der Waals surface area contributed by atoms with Crippen molar-refractivity contribution < 1.29 is 0 Å². The Morgan fingerprint density at radius 2 is 1.10 bits per heavy atom. The molecule has 4 nitrogen and oxygen atoms in total. The molecular weight excluding hydrogens is 267 g/mol. The van der Waals surface area contributed by atoms with Gasteiger partial charge in [0.15, 0.2) is 7.98 Å². The summed E-state index contributed by atoms with van der Waals surface area (Å²) in [7, 11) is 2.20. The number of rotatable bonds is 2. The molecule has 0 bridgehead atoms. The van der Waals surface area contributed by atoms with Crippen molar-refractivity contribution in [1.82, 2.24) is 9.12 Å². The predicted octanol–water partition coefficient (Wildman–Crippen LogP) is 0.323. The van der Waals surface area contributed by atoms with Gasteiger partial charge in [0, 0.05) is 63.7 Å². The third kappa shape index (κ3) is 3.24. The van der Waals surface area contributed by atoms with Gasteiger partial charge in [-0.25, -0.2) is 4.31 Å². The lowest BCUT2D eigenvalue weighted by atomic mass is 10.2. The van der Waals surface area contributed by atoms with Crippen molar-refractivity contribution in [3.05, 3.63) is 24.3 Å². The molecule has 0 aliphatic carbocycles. The Balaban J connectivity index is 1.62. The average Bonchev–Trinajstić information content (AvgIpc) is 2.49. The molecule has 2 heterocycles. The highest BCUT2D eigenvalue weighted by Crippen LogP contribution is 2.22. The summed E-state index contributed by atoms with van der Waals surface area (Å²) < 4.78 is 2.09. The summed E-state index contributed by atoms with van der Waals surface area (Å²) in [6.45, 7) is 8.78. The van der Waals surface area contributed by atoms with Gasteiger partial charge in [-0.3, -0.25) is 0 Å². The van der Waals surface area contributed by atoms with Crippen molar-refractivity contribution in [2.24, 2.45) is 0 Å². The zero-order valence-corrected chi connectivity index (χ0v) is 13.1. The summed E-state index contributed by atoms with van der Waals surface area (Å²) in [5.41, 5.74) is 2.69. The van der Waals surface area contributed by atoms with Crippen LogP contribution in [0.15, 0.2) is 24.3 Å². The minimum atomic E-state index is 1.03.